The second-order valence-electron chi connectivity index (χ2n) is 7.34. The van der Waals surface area contributed by atoms with Crippen molar-refractivity contribution in [1.82, 2.24) is 9.55 Å². The zero-order valence-corrected chi connectivity index (χ0v) is 15.1. The summed E-state index contributed by atoms with van der Waals surface area (Å²) in [6.45, 7) is 2.00. The Morgan fingerprint density at radius 1 is 1.15 bits per heavy atom. The number of rotatable bonds is 4. The standard InChI is InChI=1S/C21H20N4O2/c1-13-6-8-14(9-7-13)22-19(26)12-18-20(27)24(15-10-11-15)21-23-16-4-2-3-5-17(16)25(18)21/h2-9,15,18H,10-12H2,1H3,(H,22,26)/t18-/m1/s1. The molecule has 2 heterocycles. The Morgan fingerprint density at radius 3 is 2.63 bits per heavy atom. The molecule has 0 unspecified atom stereocenters. The Balaban J connectivity index is 1.46. The van der Waals surface area contributed by atoms with Gasteiger partial charge in [0.25, 0.3) is 5.91 Å². The Labute approximate surface area is 156 Å². The van der Waals surface area contributed by atoms with Crippen molar-refractivity contribution in [3.05, 3.63) is 54.1 Å². The summed E-state index contributed by atoms with van der Waals surface area (Å²) in [5, 5.41) is 2.90. The van der Waals surface area contributed by atoms with Crippen LogP contribution in [0.4, 0.5) is 11.6 Å². The average molecular weight is 360 g/mol. The number of aromatic nitrogens is 2. The topological polar surface area (TPSA) is 67.2 Å². The van der Waals surface area contributed by atoms with Gasteiger partial charge < -0.3 is 5.32 Å². The van der Waals surface area contributed by atoms with Gasteiger partial charge in [0.05, 0.1) is 17.5 Å². The summed E-state index contributed by atoms with van der Waals surface area (Å²) in [5.41, 5.74) is 3.63. The second-order valence-corrected chi connectivity index (χ2v) is 7.34. The van der Waals surface area contributed by atoms with Crippen LogP contribution >= 0.6 is 0 Å². The Bertz CT molecular complexity index is 1050. The predicted molar refractivity (Wildman–Crippen MR) is 104 cm³/mol. The van der Waals surface area contributed by atoms with Crippen molar-refractivity contribution in [3.63, 3.8) is 0 Å². The van der Waals surface area contributed by atoms with Gasteiger partial charge >= 0.3 is 0 Å². The molecule has 1 N–H and O–H groups in total. The van der Waals surface area contributed by atoms with Crippen LogP contribution in [0.15, 0.2) is 48.5 Å². The van der Waals surface area contributed by atoms with E-state index in [1.807, 2.05) is 60.0 Å². The van der Waals surface area contributed by atoms with Crippen molar-refractivity contribution in [2.45, 2.75) is 38.3 Å². The van der Waals surface area contributed by atoms with E-state index in [1.165, 1.54) is 0 Å². The average Bonchev–Trinajstić information content (AvgIpc) is 3.36. The lowest BCUT2D eigenvalue weighted by molar-refractivity contribution is -0.124. The maximum Gasteiger partial charge on any atom is 0.253 e. The number of nitrogens with one attached hydrogen (secondary N) is 1. The Hall–Kier alpha value is -3.15. The van der Waals surface area contributed by atoms with Crippen molar-refractivity contribution >= 4 is 34.5 Å². The van der Waals surface area contributed by atoms with Crippen molar-refractivity contribution in [3.8, 4) is 0 Å². The number of amides is 2. The molecule has 1 saturated carbocycles. The highest BCUT2D eigenvalue weighted by Gasteiger charge is 2.47. The van der Waals surface area contributed by atoms with Gasteiger partial charge in [-0.25, -0.2) is 4.98 Å². The molecule has 6 heteroatoms. The summed E-state index contributed by atoms with van der Waals surface area (Å²) in [7, 11) is 0. The van der Waals surface area contributed by atoms with Gasteiger partial charge in [0.2, 0.25) is 11.9 Å². The molecule has 5 rings (SSSR count). The summed E-state index contributed by atoms with van der Waals surface area (Å²) in [6.07, 6.45) is 2.09. The van der Waals surface area contributed by atoms with E-state index >= 15 is 0 Å². The second kappa shape index (κ2) is 5.94. The minimum Gasteiger partial charge on any atom is -0.326 e. The maximum atomic E-state index is 13.1. The molecule has 136 valence electrons. The smallest absolute Gasteiger partial charge is 0.253 e. The highest BCUT2D eigenvalue weighted by molar-refractivity contribution is 6.05. The lowest BCUT2D eigenvalue weighted by Gasteiger charge is -2.15. The molecule has 0 bridgehead atoms. The highest BCUT2D eigenvalue weighted by Crippen LogP contribution is 2.42. The highest BCUT2D eigenvalue weighted by atomic mass is 16.2. The zero-order valence-electron chi connectivity index (χ0n) is 15.1. The molecule has 1 atom stereocenters. The molecule has 1 fully saturated rings. The Morgan fingerprint density at radius 2 is 1.89 bits per heavy atom. The lowest BCUT2D eigenvalue weighted by Crippen LogP contribution is -2.33. The van der Waals surface area contributed by atoms with Crippen LogP contribution in [0.25, 0.3) is 11.0 Å². The van der Waals surface area contributed by atoms with E-state index < -0.39 is 6.04 Å². The zero-order chi connectivity index (χ0) is 18.5. The first-order chi connectivity index (χ1) is 13.1. The molecule has 0 spiro atoms. The first-order valence-electron chi connectivity index (χ1n) is 9.28. The molecule has 1 aliphatic heterocycles. The van der Waals surface area contributed by atoms with Gasteiger partial charge in [-0.2, -0.15) is 0 Å². The lowest BCUT2D eigenvalue weighted by atomic mass is 10.1. The van der Waals surface area contributed by atoms with Crippen LogP contribution in [0, 0.1) is 6.92 Å². The minimum atomic E-state index is -0.543. The maximum absolute atomic E-state index is 13.1. The summed E-state index contributed by atoms with van der Waals surface area (Å²) >= 11 is 0. The van der Waals surface area contributed by atoms with Crippen LogP contribution in [0.2, 0.25) is 0 Å². The quantitative estimate of drug-likeness (QED) is 0.775. The molecule has 1 aromatic heterocycles. The number of carbonyl (C=O) groups is 2. The van der Waals surface area contributed by atoms with Gasteiger partial charge in [-0.1, -0.05) is 29.8 Å². The molecule has 0 radical (unpaired) electrons. The number of para-hydroxylation sites is 2. The first-order valence-corrected chi connectivity index (χ1v) is 9.28. The molecule has 2 aliphatic rings. The van der Waals surface area contributed by atoms with Crippen molar-refractivity contribution < 1.29 is 9.59 Å². The largest absolute Gasteiger partial charge is 0.326 e. The van der Waals surface area contributed by atoms with Crippen LogP contribution in [0.3, 0.4) is 0 Å². The molecule has 6 nitrogen and oxygen atoms in total. The third-order valence-electron chi connectivity index (χ3n) is 5.25. The molecule has 0 saturated heterocycles. The third-order valence-corrected chi connectivity index (χ3v) is 5.25. The fourth-order valence-electron chi connectivity index (χ4n) is 3.76. The van der Waals surface area contributed by atoms with E-state index in [4.69, 9.17) is 0 Å². The van der Waals surface area contributed by atoms with Crippen LogP contribution in [0.5, 0.6) is 0 Å². The number of benzene rings is 2. The monoisotopic (exact) mass is 360 g/mol. The van der Waals surface area contributed by atoms with Crippen molar-refractivity contribution in [2.24, 2.45) is 0 Å². The number of hydrogen-bond acceptors (Lipinski definition) is 3. The van der Waals surface area contributed by atoms with E-state index in [0.717, 1.165) is 35.1 Å². The molecule has 1 aliphatic carbocycles. The number of fused-ring (bicyclic) bond motifs is 3. The number of carbonyl (C=O) groups excluding carboxylic acids is 2. The van der Waals surface area contributed by atoms with E-state index in [-0.39, 0.29) is 24.3 Å². The van der Waals surface area contributed by atoms with Gasteiger partial charge in [0, 0.05) is 11.7 Å². The number of hydrogen-bond donors (Lipinski definition) is 1. The summed E-state index contributed by atoms with van der Waals surface area (Å²) in [6, 6.07) is 15.1. The molecular formula is C21H20N4O2. The molecule has 2 aromatic carbocycles. The van der Waals surface area contributed by atoms with E-state index in [1.54, 1.807) is 4.90 Å². The number of aryl methyl sites for hydroxylation is 1. The predicted octanol–water partition coefficient (Wildman–Crippen LogP) is 3.42. The van der Waals surface area contributed by atoms with E-state index in [0.29, 0.717) is 5.95 Å². The van der Waals surface area contributed by atoms with E-state index in [9.17, 15) is 9.59 Å². The third kappa shape index (κ3) is 2.68. The van der Waals surface area contributed by atoms with Crippen LogP contribution in [-0.4, -0.2) is 27.4 Å². The molecule has 27 heavy (non-hydrogen) atoms. The van der Waals surface area contributed by atoms with Gasteiger partial charge in [-0.15, -0.1) is 0 Å². The van der Waals surface area contributed by atoms with Crippen molar-refractivity contribution in [1.29, 1.82) is 0 Å². The van der Waals surface area contributed by atoms with Crippen LogP contribution in [0.1, 0.15) is 30.9 Å². The van der Waals surface area contributed by atoms with Gasteiger partial charge in [-0.3, -0.25) is 19.1 Å². The van der Waals surface area contributed by atoms with Gasteiger partial charge in [-0.05, 0) is 44.0 Å². The first kappa shape index (κ1) is 16.1. The fraction of sp³-hybridized carbons (Fsp3) is 0.286. The molecule has 3 aromatic rings. The molecular weight excluding hydrogens is 340 g/mol. The normalized spacial score (nSPS) is 18.8. The Kier molecular flexibility index (Phi) is 3.53. The van der Waals surface area contributed by atoms with Crippen LogP contribution in [-0.2, 0) is 9.59 Å². The van der Waals surface area contributed by atoms with Gasteiger partial charge in [0.1, 0.15) is 6.04 Å². The summed E-state index contributed by atoms with van der Waals surface area (Å²) in [4.78, 5) is 32.2. The fourth-order valence-corrected chi connectivity index (χ4v) is 3.76. The summed E-state index contributed by atoms with van der Waals surface area (Å²) < 4.78 is 1.94. The minimum absolute atomic E-state index is 0.0233. The van der Waals surface area contributed by atoms with Crippen molar-refractivity contribution in [2.75, 3.05) is 10.2 Å². The van der Waals surface area contributed by atoms with E-state index in [2.05, 4.69) is 10.3 Å². The van der Waals surface area contributed by atoms with Crippen LogP contribution < -0.4 is 10.2 Å². The number of nitrogens with zero attached hydrogens (tertiary/aromatic N) is 3. The van der Waals surface area contributed by atoms with Gasteiger partial charge in [0.15, 0.2) is 0 Å². The molecule has 2 amide bonds. The number of imidazole rings is 1. The number of anilines is 2. The SMILES string of the molecule is Cc1ccc(NC(=O)C[C@@H]2C(=O)N(C3CC3)c3nc4ccccc4n32)cc1. The summed E-state index contributed by atoms with van der Waals surface area (Å²) in [5.74, 6) is 0.486.